The fourth-order valence-corrected chi connectivity index (χ4v) is 2.54. The summed E-state index contributed by atoms with van der Waals surface area (Å²) in [7, 11) is 0. The van der Waals surface area contributed by atoms with E-state index < -0.39 is 0 Å². The molecule has 0 N–H and O–H groups in total. The molecule has 0 spiro atoms. The fourth-order valence-electron chi connectivity index (χ4n) is 2.54. The van der Waals surface area contributed by atoms with E-state index in [4.69, 9.17) is 0 Å². The van der Waals surface area contributed by atoms with E-state index in [2.05, 4.69) is 19.9 Å². The maximum atomic E-state index is 11.5. The molecule has 0 radical (unpaired) electrons. The predicted molar refractivity (Wildman–Crippen MR) is 78.6 cm³/mol. The van der Waals surface area contributed by atoms with Crippen molar-refractivity contribution < 1.29 is 4.79 Å². The fraction of sp³-hybridized carbons (Fsp3) is 0.706. The Labute approximate surface area is 112 Å². The average molecular weight is 248 g/mol. The Balaban J connectivity index is 2.04. The molecular weight excluding hydrogens is 220 g/mol. The number of allylic oxidation sites excluding steroid dienone is 4. The third-order valence-electron chi connectivity index (χ3n) is 3.82. The number of ketones is 1. The van der Waals surface area contributed by atoms with Crippen LogP contribution < -0.4 is 0 Å². The lowest BCUT2D eigenvalue weighted by atomic mass is 9.95. The third-order valence-corrected chi connectivity index (χ3v) is 3.82. The van der Waals surface area contributed by atoms with E-state index >= 15 is 0 Å². The van der Waals surface area contributed by atoms with Gasteiger partial charge in [-0.2, -0.15) is 0 Å². The van der Waals surface area contributed by atoms with Gasteiger partial charge in [0.15, 0.2) is 5.78 Å². The van der Waals surface area contributed by atoms with Crippen molar-refractivity contribution in [2.75, 3.05) is 0 Å². The van der Waals surface area contributed by atoms with E-state index in [-0.39, 0.29) is 5.92 Å². The largest absolute Gasteiger partial charge is 0.294 e. The van der Waals surface area contributed by atoms with Gasteiger partial charge in [-0.15, -0.1) is 0 Å². The van der Waals surface area contributed by atoms with Crippen LogP contribution in [0.15, 0.2) is 23.8 Å². The summed E-state index contributed by atoms with van der Waals surface area (Å²) in [6, 6.07) is 0. The Kier molecular flexibility index (Phi) is 7.71. The summed E-state index contributed by atoms with van der Waals surface area (Å²) in [5.74, 6) is 0.456. The zero-order valence-corrected chi connectivity index (χ0v) is 12.1. The topological polar surface area (TPSA) is 17.1 Å². The molecule has 0 amide bonds. The number of carbonyl (C=O) groups is 1. The molecule has 1 aliphatic rings. The van der Waals surface area contributed by atoms with E-state index in [0.717, 1.165) is 12.8 Å². The molecular formula is C17H28O. The van der Waals surface area contributed by atoms with Crippen LogP contribution in [0.4, 0.5) is 0 Å². The first-order valence-electron chi connectivity index (χ1n) is 7.62. The van der Waals surface area contributed by atoms with E-state index in [1.807, 2.05) is 6.08 Å². The van der Waals surface area contributed by atoms with E-state index in [1.165, 1.54) is 50.5 Å². The summed E-state index contributed by atoms with van der Waals surface area (Å²) in [6.07, 6.45) is 17.5. The first kappa shape index (κ1) is 15.2. The summed E-state index contributed by atoms with van der Waals surface area (Å²) in [5.41, 5.74) is 1.27. The lowest BCUT2D eigenvalue weighted by Crippen LogP contribution is -2.07. The monoisotopic (exact) mass is 248 g/mol. The Hall–Kier alpha value is -0.850. The molecule has 1 heteroatoms. The highest BCUT2D eigenvalue weighted by atomic mass is 16.1. The molecule has 0 fully saturated rings. The number of carbonyl (C=O) groups excluding carboxylic acids is 1. The number of rotatable bonds is 9. The zero-order valence-electron chi connectivity index (χ0n) is 12.1. The standard InChI is InChI=1S/C17H28O/c1-3-4-5-6-7-8-9-10-12-15(2)16-13-11-14-17(16)18/h11-12,14,16H,3-10,13H2,1-2H3. The lowest BCUT2D eigenvalue weighted by Gasteiger charge is -2.08. The second kappa shape index (κ2) is 9.13. The minimum atomic E-state index is 0.162. The molecule has 0 saturated heterocycles. The highest BCUT2D eigenvalue weighted by molar-refractivity contribution is 5.95. The Morgan fingerprint density at radius 2 is 1.89 bits per heavy atom. The Bertz CT molecular complexity index is 299. The molecule has 102 valence electrons. The minimum absolute atomic E-state index is 0.162. The molecule has 0 aliphatic heterocycles. The highest BCUT2D eigenvalue weighted by Crippen LogP contribution is 2.23. The van der Waals surface area contributed by atoms with Crippen molar-refractivity contribution in [3.05, 3.63) is 23.8 Å². The molecule has 0 aromatic carbocycles. The number of hydrogen-bond acceptors (Lipinski definition) is 1. The molecule has 0 aromatic heterocycles. The van der Waals surface area contributed by atoms with Gasteiger partial charge in [-0.05, 0) is 32.3 Å². The van der Waals surface area contributed by atoms with Gasteiger partial charge >= 0.3 is 0 Å². The smallest absolute Gasteiger partial charge is 0.162 e. The van der Waals surface area contributed by atoms with Gasteiger partial charge in [0.1, 0.15) is 0 Å². The molecule has 1 nitrogen and oxygen atoms in total. The summed E-state index contributed by atoms with van der Waals surface area (Å²) in [5, 5.41) is 0. The van der Waals surface area contributed by atoms with Crippen molar-refractivity contribution in [3.63, 3.8) is 0 Å². The van der Waals surface area contributed by atoms with Crippen molar-refractivity contribution in [2.45, 2.75) is 71.6 Å². The van der Waals surface area contributed by atoms with Crippen molar-refractivity contribution in [1.29, 1.82) is 0 Å². The molecule has 0 saturated carbocycles. The zero-order chi connectivity index (χ0) is 13.2. The normalized spacial score (nSPS) is 19.8. The van der Waals surface area contributed by atoms with Crippen molar-refractivity contribution >= 4 is 5.78 Å². The highest BCUT2D eigenvalue weighted by Gasteiger charge is 2.20. The summed E-state index contributed by atoms with van der Waals surface area (Å²) < 4.78 is 0. The van der Waals surface area contributed by atoms with Gasteiger partial charge in [-0.25, -0.2) is 0 Å². The van der Waals surface area contributed by atoms with Crippen LogP contribution in [0.25, 0.3) is 0 Å². The molecule has 1 atom stereocenters. The van der Waals surface area contributed by atoms with Crippen LogP contribution in [-0.4, -0.2) is 5.78 Å². The van der Waals surface area contributed by atoms with Crippen LogP contribution in [-0.2, 0) is 4.79 Å². The second-order valence-electron chi connectivity index (χ2n) is 5.45. The Morgan fingerprint density at radius 3 is 2.50 bits per heavy atom. The second-order valence-corrected chi connectivity index (χ2v) is 5.45. The first-order chi connectivity index (χ1) is 8.75. The van der Waals surface area contributed by atoms with Crippen LogP contribution in [0.2, 0.25) is 0 Å². The maximum absolute atomic E-state index is 11.5. The van der Waals surface area contributed by atoms with E-state index in [0.29, 0.717) is 5.78 Å². The summed E-state index contributed by atoms with van der Waals surface area (Å²) in [4.78, 5) is 11.5. The number of unbranched alkanes of at least 4 members (excludes halogenated alkanes) is 7. The summed E-state index contributed by atoms with van der Waals surface area (Å²) in [6.45, 7) is 4.36. The van der Waals surface area contributed by atoms with Gasteiger partial charge in [0.2, 0.25) is 0 Å². The molecule has 1 aliphatic carbocycles. The number of hydrogen-bond donors (Lipinski definition) is 0. The summed E-state index contributed by atoms with van der Waals surface area (Å²) >= 11 is 0. The van der Waals surface area contributed by atoms with E-state index in [9.17, 15) is 4.79 Å². The third kappa shape index (κ3) is 5.66. The van der Waals surface area contributed by atoms with E-state index in [1.54, 1.807) is 6.08 Å². The van der Waals surface area contributed by atoms with Crippen molar-refractivity contribution in [3.8, 4) is 0 Å². The molecule has 1 rings (SSSR count). The maximum Gasteiger partial charge on any atom is 0.162 e. The molecule has 0 heterocycles. The van der Waals surface area contributed by atoms with Crippen LogP contribution in [0.3, 0.4) is 0 Å². The van der Waals surface area contributed by atoms with Crippen molar-refractivity contribution in [1.82, 2.24) is 0 Å². The van der Waals surface area contributed by atoms with Gasteiger partial charge in [-0.1, -0.05) is 63.2 Å². The SMILES string of the molecule is CCCCCCCCCC=C(C)C1CC=CC1=O. The Morgan fingerprint density at radius 1 is 1.22 bits per heavy atom. The first-order valence-corrected chi connectivity index (χ1v) is 7.62. The van der Waals surface area contributed by atoms with Gasteiger partial charge < -0.3 is 0 Å². The molecule has 18 heavy (non-hydrogen) atoms. The average Bonchev–Trinajstić information content (AvgIpc) is 2.79. The van der Waals surface area contributed by atoms with Gasteiger partial charge in [-0.3, -0.25) is 4.79 Å². The minimum Gasteiger partial charge on any atom is -0.294 e. The van der Waals surface area contributed by atoms with Crippen LogP contribution >= 0.6 is 0 Å². The van der Waals surface area contributed by atoms with Crippen LogP contribution in [0.5, 0.6) is 0 Å². The molecule has 0 aromatic rings. The van der Waals surface area contributed by atoms with Crippen molar-refractivity contribution in [2.24, 2.45) is 5.92 Å². The van der Waals surface area contributed by atoms with Gasteiger partial charge in [0.05, 0.1) is 0 Å². The predicted octanol–water partition coefficient (Wildman–Crippen LogP) is 5.22. The lowest BCUT2D eigenvalue weighted by molar-refractivity contribution is -0.116. The van der Waals surface area contributed by atoms with Gasteiger partial charge in [0.25, 0.3) is 0 Å². The molecule has 0 bridgehead atoms. The van der Waals surface area contributed by atoms with Gasteiger partial charge in [0, 0.05) is 5.92 Å². The van der Waals surface area contributed by atoms with Crippen LogP contribution in [0, 0.1) is 5.92 Å². The molecule has 1 unspecified atom stereocenters. The quantitative estimate of drug-likeness (QED) is 0.404. The van der Waals surface area contributed by atoms with Crippen LogP contribution in [0.1, 0.15) is 71.6 Å².